The van der Waals surface area contributed by atoms with Gasteiger partial charge in [0.1, 0.15) is 0 Å². The zero-order valence-corrected chi connectivity index (χ0v) is 15.0. The lowest BCUT2D eigenvalue weighted by Crippen LogP contribution is -2.32. The molecule has 1 fully saturated rings. The van der Waals surface area contributed by atoms with Gasteiger partial charge in [0.15, 0.2) is 0 Å². The van der Waals surface area contributed by atoms with E-state index in [4.69, 9.17) is 0 Å². The fraction of sp³-hybridized carbons (Fsp3) is 0.529. The zero-order chi connectivity index (χ0) is 16.4. The maximum atomic E-state index is 12.4. The number of likely N-dealkylation sites (N-methyl/N-ethyl adjacent to an activating group) is 2. The first-order chi connectivity index (χ1) is 11.1. The van der Waals surface area contributed by atoms with Crippen molar-refractivity contribution in [2.45, 2.75) is 31.7 Å². The average molecular weight is 353 g/mol. The van der Waals surface area contributed by atoms with Crippen LogP contribution < -0.4 is 11.0 Å². The van der Waals surface area contributed by atoms with Crippen molar-refractivity contribution < 1.29 is 4.79 Å². The number of aromatic nitrogens is 2. The lowest BCUT2D eigenvalue weighted by atomic mass is 10.1. The molecule has 132 valence electrons. The molecule has 1 aliphatic rings. The lowest BCUT2D eigenvalue weighted by molar-refractivity contribution is 0.0797. The van der Waals surface area contributed by atoms with Crippen molar-refractivity contribution in [1.82, 2.24) is 19.8 Å². The molecule has 1 heterocycles. The molecule has 0 atom stereocenters. The molecule has 7 heteroatoms. The number of aromatic amines is 1. The van der Waals surface area contributed by atoms with Crippen LogP contribution in [0.5, 0.6) is 0 Å². The summed E-state index contributed by atoms with van der Waals surface area (Å²) >= 11 is 0. The van der Waals surface area contributed by atoms with E-state index in [0.717, 1.165) is 30.4 Å². The molecule has 0 radical (unpaired) electrons. The number of fused-ring (bicyclic) bond motifs is 1. The SMILES string of the molecule is CNCCN(C)C(=O)c1ccc2c(c1)[nH]c(=O)n2C1CCCC1.Cl. The van der Waals surface area contributed by atoms with Crippen LogP contribution in [0.3, 0.4) is 0 Å². The second kappa shape index (κ2) is 7.85. The van der Waals surface area contributed by atoms with Crippen LogP contribution in [0, 0.1) is 0 Å². The molecule has 1 amide bonds. The van der Waals surface area contributed by atoms with Crippen LogP contribution in [0.1, 0.15) is 42.1 Å². The summed E-state index contributed by atoms with van der Waals surface area (Å²) in [7, 11) is 3.65. The van der Waals surface area contributed by atoms with Crippen molar-refractivity contribution in [2.24, 2.45) is 0 Å². The quantitative estimate of drug-likeness (QED) is 0.866. The van der Waals surface area contributed by atoms with Crippen LogP contribution >= 0.6 is 12.4 Å². The number of hydrogen-bond acceptors (Lipinski definition) is 3. The summed E-state index contributed by atoms with van der Waals surface area (Å²) < 4.78 is 1.86. The minimum atomic E-state index is -0.0694. The average Bonchev–Trinajstić information content (AvgIpc) is 3.17. The molecule has 1 saturated carbocycles. The highest BCUT2D eigenvalue weighted by Crippen LogP contribution is 2.30. The first kappa shape index (κ1) is 18.5. The van der Waals surface area contributed by atoms with Gasteiger partial charge >= 0.3 is 5.69 Å². The molecule has 1 aromatic heterocycles. The fourth-order valence-electron chi connectivity index (χ4n) is 3.39. The molecular weight excluding hydrogens is 328 g/mol. The Hall–Kier alpha value is -1.79. The normalized spacial score (nSPS) is 14.8. The summed E-state index contributed by atoms with van der Waals surface area (Å²) in [4.78, 5) is 29.3. The number of nitrogens with zero attached hydrogens (tertiary/aromatic N) is 2. The number of benzene rings is 1. The van der Waals surface area contributed by atoms with Gasteiger partial charge in [0.2, 0.25) is 0 Å². The number of rotatable bonds is 5. The van der Waals surface area contributed by atoms with Gasteiger partial charge in [-0.1, -0.05) is 12.8 Å². The minimum Gasteiger partial charge on any atom is -0.340 e. The van der Waals surface area contributed by atoms with Crippen LogP contribution in [0.15, 0.2) is 23.0 Å². The monoisotopic (exact) mass is 352 g/mol. The highest BCUT2D eigenvalue weighted by molar-refractivity contribution is 5.97. The number of carbonyl (C=O) groups is 1. The van der Waals surface area contributed by atoms with Crippen molar-refractivity contribution in [3.8, 4) is 0 Å². The number of carbonyl (C=O) groups excluding carboxylic acids is 1. The predicted octanol–water partition coefficient (Wildman–Crippen LogP) is 2.16. The van der Waals surface area contributed by atoms with Gasteiger partial charge in [-0.25, -0.2) is 4.79 Å². The molecule has 2 N–H and O–H groups in total. The van der Waals surface area contributed by atoms with E-state index in [1.54, 1.807) is 18.0 Å². The highest BCUT2D eigenvalue weighted by Gasteiger charge is 2.22. The van der Waals surface area contributed by atoms with Crippen molar-refractivity contribution in [1.29, 1.82) is 0 Å². The predicted molar refractivity (Wildman–Crippen MR) is 98.2 cm³/mol. The number of halogens is 1. The largest absolute Gasteiger partial charge is 0.340 e. The van der Waals surface area contributed by atoms with Crippen molar-refractivity contribution in [3.05, 3.63) is 34.2 Å². The topological polar surface area (TPSA) is 70.1 Å². The third kappa shape index (κ3) is 3.49. The van der Waals surface area contributed by atoms with Crippen LogP contribution in [0.2, 0.25) is 0 Å². The molecule has 0 unspecified atom stereocenters. The molecule has 1 aromatic carbocycles. The molecule has 6 nitrogen and oxygen atoms in total. The smallest absolute Gasteiger partial charge is 0.326 e. The van der Waals surface area contributed by atoms with Crippen LogP contribution in [0.25, 0.3) is 11.0 Å². The fourth-order valence-corrected chi connectivity index (χ4v) is 3.39. The Labute approximate surface area is 147 Å². The first-order valence-corrected chi connectivity index (χ1v) is 8.26. The van der Waals surface area contributed by atoms with Gasteiger partial charge in [0, 0.05) is 31.7 Å². The van der Waals surface area contributed by atoms with E-state index in [1.165, 1.54) is 12.8 Å². The molecule has 0 spiro atoms. The van der Waals surface area contributed by atoms with Gasteiger partial charge in [-0.2, -0.15) is 0 Å². The van der Waals surface area contributed by atoms with Gasteiger partial charge in [-0.3, -0.25) is 9.36 Å². The van der Waals surface area contributed by atoms with Crippen LogP contribution in [-0.2, 0) is 0 Å². The van der Waals surface area contributed by atoms with E-state index < -0.39 is 0 Å². The Bertz CT molecular complexity index is 762. The van der Waals surface area contributed by atoms with Gasteiger partial charge in [0.25, 0.3) is 5.91 Å². The Balaban J connectivity index is 0.00000208. The summed E-state index contributed by atoms with van der Waals surface area (Å²) in [6.45, 7) is 1.40. The minimum absolute atomic E-state index is 0. The number of nitrogens with one attached hydrogen (secondary N) is 2. The summed E-state index contributed by atoms with van der Waals surface area (Å²) in [5.74, 6) is -0.0309. The molecule has 24 heavy (non-hydrogen) atoms. The van der Waals surface area contributed by atoms with E-state index in [1.807, 2.05) is 23.7 Å². The molecule has 3 rings (SSSR count). The van der Waals surface area contributed by atoms with E-state index in [2.05, 4.69) is 10.3 Å². The Morgan fingerprint density at radius 1 is 1.38 bits per heavy atom. The Morgan fingerprint density at radius 3 is 2.75 bits per heavy atom. The molecule has 0 bridgehead atoms. The standard InChI is InChI=1S/C17H24N4O2.ClH/c1-18-9-10-20(2)16(22)12-7-8-15-14(11-12)19-17(23)21(15)13-5-3-4-6-13;/h7-8,11,13,18H,3-6,9-10H2,1-2H3,(H,19,23);1H. The summed E-state index contributed by atoms with van der Waals surface area (Å²) in [6, 6.07) is 5.79. The molecular formula is C17H25ClN4O2. The van der Waals surface area contributed by atoms with E-state index in [0.29, 0.717) is 12.1 Å². The van der Waals surface area contributed by atoms with Crippen molar-refractivity contribution in [3.63, 3.8) is 0 Å². The highest BCUT2D eigenvalue weighted by atomic mass is 35.5. The van der Waals surface area contributed by atoms with Gasteiger partial charge in [-0.15, -0.1) is 12.4 Å². The number of hydrogen-bond donors (Lipinski definition) is 2. The summed E-state index contributed by atoms with van der Waals surface area (Å²) in [6.07, 6.45) is 4.47. The zero-order valence-electron chi connectivity index (χ0n) is 14.2. The third-order valence-electron chi connectivity index (χ3n) is 4.70. The van der Waals surface area contributed by atoms with Gasteiger partial charge in [-0.05, 0) is 38.1 Å². The molecule has 0 aliphatic heterocycles. The van der Waals surface area contributed by atoms with Crippen LogP contribution in [-0.4, -0.2) is 47.5 Å². The maximum Gasteiger partial charge on any atom is 0.326 e. The van der Waals surface area contributed by atoms with Crippen LogP contribution in [0.4, 0.5) is 0 Å². The third-order valence-corrected chi connectivity index (χ3v) is 4.70. The van der Waals surface area contributed by atoms with E-state index in [9.17, 15) is 9.59 Å². The summed E-state index contributed by atoms with van der Waals surface area (Å²) in [5, 5.41) is 3.03. The van der Waals surface area contributed by atoms with E-state index >= 15 is 0 Å². The first-order valence-electron chi connectivity index (χ1n) is 8.26. The second-order valence-electron chi connectivity index (χ2n) is 6.30. The van der Waals surface area contributed by atoms with Crippen molar-refractivity contribution >= 4 is 29.3 Å². The van der Waals surface area contributed by atoms with Gasteiger partial charge < -0.3 is 15.2 Å². The number of H-pyrrole nitrogens is 1. The Morgan fingerprint density at radius 2 is 2.08 bits per heavy atom. The number of amides is 1. The van der Waals surface area contributed by atoms with Gasteiger partial charge in [0.05, 0.1) is 11.0 Å². The lowest BCUT2D eigenvalue weighted by Gasteiger charge is -2.17. The molecule has 2 aromatic rings. The van der Waals surface area contributed by atoms with Crippen molar-refractivity contribution in [2.75, 3.05) is 27.2 Å². The maximum absolute atomic E-state index is 12.4. The van der Waals surface area contributed by atoms with E-state index in [-0.39, 0.29) is 30.0 Å². The number of imidazole rings is 1. The molecule has 1 aliphatic carbocycles. The Kier molecular flexibility index (Phi) is 6.07. The molecule has 0 saturated heterocycles. The summed E-state index contributed by atoms with van der Waals surface area (Å²) in [5.41, 5.74) is 2.18. The second-order valence-corrected chi connectivity index (χ2v) is 6.30.